The summed E-state index contributed by atoms with van der Waals surface area (Å²) in [6.45, 7) is 1.21. The summed E-state index contributed by atoms with van der Waals surface area (Å²) in [5, 5.41) is 12.0. The normalized spacial score (nSPS) is 13.9. The van der Waals surface area contributed by atoms with Crippen LogP contribution >= 0.6 is 11.3 Å². The maximum atomic E-state index is 11.1. The quantitative estimate of drug-likeness (QED) is 0.248. The van der Waals surface area contributed by atoms with E-state index in [1.54, 1.807) is 23.5 Å². The van der Waals surface area contributed by atoms with Crippen molar-refractivity contribution in [3.05, 3.63) is 100 Å². The molecule has 0 unspecified atom stereocenters. The molecule has 1 fully saturated rings. The van der Waals surface area contributed by atoms with Crippen molar-refractivity contribution in [3.8, 4) is 17.0 Å². The third-order valence-electron chi connectivity index (χ3n) is 7.05. The molecule has 1 heterocycles. The molecule has 190 valence electrons. The fourth-order valence-electron chi connectivity index (χ4n) is 4.88. The van der Waals surface area contributed by atoms with E-state index in [-0.39, 0.29) is 0 Å². The zero-order valence-electron chi connectivity index (χ0n) is 21.1. The number of anilines is 1. The van der Waals surface area contributed by atoms with E-state index < -0.39 is 5.97 Å². The molecule has 1 aliphatic carbocycles. The van der Waals surface area contributed by atoms with Crippen molar-refractivity contribution in [3.63, 3.8) is 0 Å². The van der Waals surface area contributed by atoms with Gasteiger partial charge in [-0.3, -0.25) is 0 Å². The number of carboxylic acid groups (broad SMARTS) is 1. The molecule has 6 heteroatoms. The number of nitrogens with zero attached hydrogens (tertiary/aromatic N) is 2. The standard InChI is InChI=1S/C31H32N2O3S/c1-33(19-22-7-13-27(14-8-22)30(34)35)31-32-29(21-37-31)26-15-17-28(18-16-26)36-20-23-9-11-25(12-10-23)24-5-3-2-4-6-24/h7-18,21,24H,2-6,19-20H2,1H3,(H,34,35). The number of benzene rings is 3. The van der Waals surface area contributed by atoms with Crippen LogP contribution in [0.4, 0.5) is 5.13 Å². The third-order valence-corrected chi connectivity index (χ3v) is 8.01. The van der Waals surface area contributed by atoms with Crippen LogP contribution in [0.2, 0.25) is 0 Å². The second kappa shape index (κ2) is 11.6. The molecule has 0 atom stereocenters. The number of hydrogen-bond acceptors (Lipinski definition) is 5. The second-order valence-electron chi connectivity index (χ2n) is 9.76. The topological polar surface area (TPSA) is 62.7 Å². The predicted octanol–water partition coefficient (Wildman–Crippen LogP) is 7.77. The first-order valence-corrected chi connectivity index (χ1v) is 13.7. The Morgan fingerprint density at radius 3 is 2.30 bits per heavy atom. The van der Waals surface area contributed by atoms with Gasteiger partial charge in [0.2, 0.25) is 0 Å². The van der Waals surface area contributed by atoms with Crippen molar-refractivity contribution in [1.82, 2.24) is 4.98 Å². The number of carbonyl (C=O) groups is 1. The average molecular weight is 513 g/mol. The van der Waals surface area contributed by atoms with Crippen molar-refractivity contribution in [1.29, 1.82) is 0 Å². The van der Waals surface area contributed by atoms with Gasteiger partial charge in [-0.05, 0) is 71.8 Å². The SMILES string of the molecule is CN(Cc1ccc(C(=O)O)cc1)c1nc(-c2ccc(OCc3ccc(C4CCCCC4)cc3)cc2)cs1. The molecular weight excluding hydrogens is 480 g/mol. The minimum Gasteiger partial charge on any atom is -0.489 e. The fourth-order valence-corrected chi connectivity index (χ4v) is 5.68. The Labute approximate surface area is 222 Å². The summed E-state index contributed by atoms with van der Waals surface area (Å²) in [6.07, 6.45) is 6.74. The Morgan fingerprint density at radius 1 is 0.946 bits per heavy atom. The Hall–Kier alpha value is -3.64. The van der Waals surface area contributed by atoms with Crippen LogP contribution in [0.15, 0.2) is 78.2 Å². The number of ether oxygens (including phenoxy) is 1. The van der Waals surface area contributed by atoms with Crippen LogP contribution in [0.3, 0.4) is 0 Å². The lowest BCUT2D eigenvalue weighted by Crippen LogP contribution is -2.16. The van der Waals surface area contributed by atoms with E-state index in [2.05, 4.69) is 34.5 Å². The first-order valence-electron chi connectivity index (χ1n) is 12.9. The molecule has 5 nitrogen and oxygen atoms in total. The van der Waals surface area contributed by atoms with Crippen molar-refractivity contribution in [2.45, 2.75) is 51.2 Å². The van der Waals surface area contributed by atoms with Crippen molar-refractivity contribution in [2.75, 3.05) is 11.9 Å². The van der Waals surface area contributed by atoms with Gasteiger partial charge in [0, 0.05) is 24.5 Å². The lowest BCUT2D eigenvalue weighted by molar-refractivity contribution is 0.0697. The van der Waals surface area contributed by atoms with Crippen LogP contribution in [-0.4, -0.2) is 23.1 Å². The van der Waals surface area contributed by atoms with E-state index in [4.69, 9.17) is 14.8 Å². The summed E-state index contributed by atoms with van der Waals surface area (Å²) in [6, 6.07) is 24.0. The third kappa shape index (κ3) is 6.38. The van der Waals surface area contributed by atoms with Gasteiger partial charge in [-0.2, -0.15) is 0 Å². The number of carboxylic acids is 1. The highest BCUT2D eigenvalue weighted by Gasteiger charge is 2.15. The van der Waals surface area contributed by atoms with E-state index >= 15 is 0 Å². The molecule has 1 aromatic heterocycles. The Bertz CT molecular complexity index is 1310. The smallest absolute Gasteiger partial charge is 0.335 e. The highest BCUT2D eigenvalue weighted by Crippen LogP contribution is 2.33. The van der Waals surface area contributed by atoms with Gasteiger partial charge in [0.25, 0.3) is 0 Å². The van der Waals surface area contributed by atoms with Crippen LogP contribution in [0.1, 0.15) is 65.1 Å². The summed E-state index contributed by atoms with van der Waals surface area (Å²) < 4.78 is 6.04. The highest BCUT2D eigenvalue weighted by atomic mass is 32.1. The first-order chi connectivity index (χ1) is 18.0. The minimum atomic E-state index is -0.913. The number of rotatable bonds is 9. The number of aromatic nitrogens is 1. The van der Waals surface area contributed by atoms with Crippen LogP contribution in [0.25, 0.3) is 11.3 Å². The monoisotopic (exact) mass is 512 g/mol. The molecule has 0 radical (unpaired) electrons. The van der Waals surface area contributed by atoms with Crippen molar-refractivity contribution < 1.29 is 14.6 Å². The second-order valence-corrected chi connectivity index (χ2v) is 10.6. The van der Waals surface area contributed by atoms with E-state index in [9.17, 15) is 4.79 Å². The lowest BCUT2D eigenvalue weighted by Gasteiger charge is -2.22. The molecule has 0 amide bonds. The van der Waals surface area contributed by atoms with E-state index in [0.29, 0.717) is 18.7 Å². The highest BCUT2D eigenvalue weighted by molar-refractivity contribution is 7.14. The zero-order valence-corrected chi connectivity index (χ0v) is 21.9. The maximum Gasteiger partial charge on any atom is 0.335 e. The van der Waals surface area contributed by atoms with Gasteiger partial charge >= 0.3 is 5.97 Å². The Morgan fingerprint density at radius 2 is 1.62 bits per heavy atom. The summed E-state index contributed by atoms with van der Waals surface area (Å²) in [4.78, 5) is 17.9. The van der Waals surface area contributed by atoms with Gasteiger partial charge < -0.3 is 14.7 Å². The summed E-state index contributed by atoms with van der Waals surface area (Å²) >= 11 is 1.59. The van der Waals surface area contributed by atoms with Gasteiger partial charge in [0.15, 0.2) is 5.13 Å². The molecule has 1 aliphatic rings. The van der Waals surface area contributed by atoms with Crippen LogP contribution < -0.4 is 9.64 Å². The average Bonchev–Trinajstić information content (AvgIpc) is 3.44. The molecule has 37 heavy (non-hydrogen) atoms. The Balaban J connectivity index is 1.15. The molecule has 5 rings (SSSR count). The summed E-state index contributed by atoms with van der Waals surface area (Å²) in [5.41, 5.74) is 5.96. The predicted molar refractivity (Wildman–Crippen MR) is 150 cm³/mol. The van der Waals surface area contributed by atoms with Gasteiger partial charge in [-0.25, -0.2) is 9.78 Å². The van der Waals surface area contributed by atoms with E-state index in [1.807, 2.05) is 43.4 Å². The number of hydrogen-bond donors (Lipinski definition) is 1. The Kier molecular flexibility index (Phi) is 7.85. The van der Waals surface area contributed by atoms with Gasteiger partial charge in [0.05, 0.1) is 11.3 Å². The number of aromatic carboxylic acids is 1. The van der Waals surface area contributed by atoms with Crippen molar-refractivity contribution in [2.24, 2.45) is 0 Å². The number of thiazole rings is 1. The molecule has 0 bridgehead atoms. The van der Waals surface area contributed by atoms with Gasteiger partial charge in [0.1, 0.15) is 12.4 Å². The minimum absolute atomic E-state index is 0.294. The van der Waals surface area contributed by atoms with Crippen LogP contribution in [-0.2, 0) is 13.2 Å². The molecule has 4 aromatic rings. The lowest BCUT2D eigenvalue weighted by atomic mass is 9.84. The molecular formula is C31H32N2O3S. The van der Waals surface area contributed by atoms with E-state index in [1.165, 1.54) is 43.2 Å². The molecule has 1 N–H and O–H groups in total. The summed E-state index contributed by atoms with van der Waals surface area (Å²) in [5.74, 6) is 0.662. The largest absolute Gasteiger partial charge is 0.489 e. The summed E-state index contributed by atoms with van der Waals surface area (Å²) in [7, 11) is 1.99. The van der Waals surface area contributed by atoms with Gasteiger partial charge in [-0.15, -0.1) is 11.3 Å². The first kappa shape index (κ1) is 25.0. The molecule has 0 aliphatic heterocycles. The van der Waals surface area contributed by atoms with E-state index in [0.717, 1.165) is 33.6 Å². The van der Waals surface area contributed by atoms with Crippen LogP contribution in [0, 0.1) is 0 Å². The van der Waals surface area contributed by atoms with Gasteiger partial charge in [-0.1, -0.05) is 55.7 Å². The zero-order chi connectivity index (χ0) is 25.6. The maximum absolute atomic E-state index is 11.1. The molecule has 0 saturated heterocycles. The van der Waals surface area contributed by atoms with Crippen molar-refractivity contribution >= 4 is 22.4 Å². The van der Waals surface area contributed by atoms with Crippen LogP contribution in [0.5, 0.6) is 5.75 Å². The fraction of sp³-hybridized carbons (Fsp3) is 0.290. The molecule has 3 aromatic carbocycles. The molecule has 0 spiro atoms. The molecule has 1 saturated carbocycles.